The van der Waals surface area contributed by atoms with Gasteiger partial charge in [-0.15, -0.1) is 0 Å². The van der Waals surface area contributed by atoms with Crippen molar-refractivity contribution in [3.63, 3.8) is 0 Å². The lowest BCUT2D eigenvalue weighted by Crippen LogP contribution is -2.47. The molecule has 0 radical (unpaired) electrons. The van der Waals surface area contributed by atoms with Crippen LogP contribution in [0.4, 0.5) is 11.4 Å². The summed E-state index contributed by atoms with van der Waals surface area (Å²) in [5.74, 6) is -0.524. The molecule has 3 aliphatic rings. The van der Waals surface area contributed by atoms with Crippen LogP contribution in [0.2, 0.25) is 0 Å². The van der Waals surface area contributed by atoms with E-state index in [2.05, 4.69) is 4.90 Å². The summed E-state index contributed by atoms with van der Waals surface area (Å²) in [4.78, 5) is 33.2. The van der Waals surface area contributed by atoms with Gasteiger partial charge >= 0.3 is 0 Å². The zero-order valence-corrected chi connectivity index (χ0v) is 19.4. The lowest BCUT2D eigenvalue weighted by molar-refractivity contribution is -0.121. The Morgan fingerprint density at radius 2 is 1.33 bits per heavy atom. The van der Waals surface area contributed by atoms with E-state index in [0.29, 0.717) is 30.0 Å². The minimum Gasteiger partial charge on any atom is -0.372 e. The molecule has 2 amide bonds. The average molecular weight is 446 g/mol. The predicted molar refractivity (Wildman–Crippen MR) is 130 cm³/mol. The summed E-state index contributed by atoms with van der Waals surface area (Å²) in [6.07, 6.45) is 3.66. The largest absolute Gasteiger partial charge is 0.372 e. The number of nitrogens with zero attached hydrogens (tertiary/aromatic N) is 3. The maximum absolute atomic E-state index is 13.8. The van der Waals surface area contributed by atoms with Crippen molar-refractivity contribution in [3.8, 4) is 0 Å². The summed E-state index contributed by atoms with van der Waals surface area (Å²) in [5, 5.41) is 0. The average Bonchev–Trinajstić information content (AvgIpc) is 3.09. The third kappa shape index (κ3) is 4.15. The highest BCUT2D eigenvalue weighted by Gasteiger charge is 2.43. The number of carbonyl (C=O) groups is 2. The van der Waals surface area contributed by atoms with E-state index >= 15 is 0 Å². The molecule has 0 aromatic heterocycles. The molecule has 5 rings (SSSR count). The maximum atomic E-state index is 13.8. The van der Waals surface area contributed by atoms with Crippen molar-refractivity contribution < 1.29 is 14.3 Å². The fourth-order valence-electron chi connectivity index (χ4n) is 5.24. The van der Waals surface area contributed by atoms with E-state index in [4.69, 9.17) is 4.74 Å². The van der Waals surface area contributed by atoms with Crippen LogP contribution >= 0.6 is 0 Å². The van der Waals surface area contributed by atoms with Gasteiger partial charge in [0.2, 0.25) is 0 Å². The molecule has 3 aliphatic heterocycles. The number of morpholine rings is 1. The van der Waals surface area contributed by atoms with Crippen molar-refractivity contribution in [3.05, 3.63) is 65.9 Å². The topological polar surface area (TPSA) is 53.1 Å². The molecule has 2 saturated heterocycles. The fraction of sp³-hybridized carbons (Fsp3) is 0.407. The summed E-state index contributed by atoms with van der Waals surface area (Å²) >= 11 is 0. The van der Waals surface area contributed by atoms with E-state index in [0.717, 1.165) is 24.3 Å². The van der Waals surface area contributed by atoms with Gasteiger partial charge < -0.3 is 14.5 Å². The number of rotatable bonds is 4. The predicted octanol–water partition coefficient (Wildman–Crippen LogP) is 4.07. The number of carbonyl (C=O) groups excluding carboxylic acids is 2. The number of anilines is 2. The summed E-state index contributed by atoms with van der Waals surface area (Å²) in [6, 6.07) is 17.4. The number of imide groups is 1. The second-order valence-electron chi connectivity index (χ2n) is 9.26. The van der Waals surface area contributed by atoms with Gasteiger partial charge in [0.15, 0.2) is 0 Å². The van der Waals surface area contributed by atoms with E-state index in [1.165, 1.54) is 24.2 Å². The van der Waals surface area contributed by atoms with Crippen molar-refractivity contribution in [1.29, 1.82) is 0 Å². The fourth-order valence-corrected chi connectivity index (χ4v) is 5.24. The van der Waals surface area contributed by atoms with Gasteiger partial charge in [0.05, 0.1) is 23.5 Å². The molecular formula is C27H31N3O3. The molecule has 172 valence electrons. The first-order valence-corrected chi connectivity index (χ1v) is 12.0. The van der Waals surface area contributed by atoms with Gasteiger partial charge in [0, 0.05) is 31.9 Å². The van der Waals surface area contributed by atoms with E-state index in [-0.39, 0.29) is 24.0 Å². The van der Waals surface area contributed by atoms with Gasteiger partial charge in [0.1, 0.15) is 5.70 Å². The van der Waals surface area contributed by atoms with Gasteiger partial charge in [-0.2, -0.15) is 0 Å². The zero-order valence-electron chi connectivity index (χ0n) is 19.4. The first-order valence-electron chi connectivity index (χ1n) is 12.0. The number of amides is 2. The minimum atomic E-state index is -0.265. The van der Waals surface area contributed by atoms with Crippen molar-refractivity contribution >= 4 is 28.8 Å². The lowest BCUT2D eigenvalue weighted by Gasteiger charge is -2.37. The van der Waals surface area contributed by atoms with Crippen molar-refractivity contribution in [2.75, 3.05) is 36.0 Å². The molecule has 6 nitrogen and oxygen atoms in total. The second kappa shape index (κ2) is 9.02. The van der Waals surface area contributed by atoms with Crippen molar-refractivity contribution in [1.82, 2.24) is 4.90 Å². The Hall–Kier alpha value is -3.12. The molecule has 33 heavy (non-hydrogen) atoms. The number of benzene rings is 2. The Kier molecular flexibility index (Phi) is 5.94. The second-order valence-corrected chi connectivity index (χ2v) is 9.26. The highest BCUT2D eigenvalue weighted by atomic mass is 16.5. The number of hydrogen-bond acceptors (Lipinski definition) is 5. The summed E-state index contributed by atoms with van der Waals surface area (Å²) in [7, 11) is 0. The van der Waals surface area contributed by atoms with Crippen molar-refractivity contribution in [2.45, 2.75) is 45.3 Å². The Balaban J connectivity index is 1.50. The molecule has 0 spiro atoms. The van der Waals surface area contributed by atoms with Gasteiger partial charge in [-0.25, -0.2) is 4.90 Å². The highest BCUT2D eigenvalue weighted by Crippen LogP contribution is 2.36. The first-order chi connectivity index (χ1) is 16.0. The highest BCUT2D eigenvalue weighted by molar-refractivity contribution is 6.45. The lowest BCUT2D eigenvalue weighted by atomic mass is 10.0. The monoisotopic (exact) mass is 445 g/mol. The third-order valence-electron chi connectivity index (χ3n) is 6.69. The van der Waals surface area contributed by atoms with Crippen LogP contribution in [-0.2, 0) is 14.3 Å². The number of ether oxygens (including phenoxy) is 1. The molecule has 6 heteroatoms. The van der Waals surface area contributed by atoms with E-state index < -0.39 is 0 Å². The SMILES string of the molecule is CC1CN(C2=C(c3ccccc3)C(=O)N(c3ccc(N4CCCCC4)cc3)C2=O)CC(C)O1. The smallest absolute Gasteiger partial charge is 0.282 e. The standard InChI is InChI=1S/C27H31N3O3/c1-19-17-29(18-20(2)33-19)25-24(21-9-5-3-6-10-21)26(31)30(27(25)32)23-13-11-22(12-14-23)28-15-7-4-8-16-28/h3,5-6,9-14,19-20H,4,7-8,15-18H2,1-2H3. The van der Waals surface area contributed by atoms with Crippen LogP contribution < -0.4 is 9.80 Å². The Labute approximate surface area is 195 Å². The van der Waals surface area contributed by atoms with Crippen LogP contribution in [0.5, 0.6) is 0 Å². The Morgan fingerprint density at radius 1 is 0.727 bits per heavy atom. The van der Waals surface area contributed by atoms with E-state index in [1.54, 1.807) is 0 Å². The van der Waals surface area contributed by atoms with Crippen molar-refractivity contribution in [2.24, 2.45) is 0 Å². The molecule has 0 N–H and O–H groups in total. The summed E-state index contributed by atoms with van der Waals surface area (Å²) in [5.41, 5.74) is 3.48. The molecule has 2 atom stereocenters. The van der Waals surface area contributed by atoms with Crippen LogP contribution in [0.3, 0.4) is 0 Å². The molecule has 0 saturated carbocycles. The molecule has 0 aliphatic carbocycles. The minimum absolute atomic E-state index is 0.0148. The molecule has 2 fully saturated rings. The van der Waals surface area contributed by atoms with Gasteiger partial charge in [0.25, 0.3) is 11.8 Å². The normalized spacial score (nSPS) is 24.1. The Bertz CT molecular complexity index is 1050. The van der Waals surface area contributed by atoms with Crippen LogP contribution in [0.25, 0.3) is 5.57 Å². The molecule has 0 bridgehead atoms. The van der Waals surface area contributed by atoms with Gasteiger partial charge in [-0.3, -0.25) is 9.59 Å². The first kappa shape index (κ1) is 21.7. The van der Waals surface area contributed by atoms with Crippen LogP contribution in [0, 0.1) is 0 Å². The number of hydrogen-bond donors (Lipinski definition) is 0. The van der Waals surface area contributed by atoms with E-state index in [1.807, 2.05) is 73.3 Å². The molecule has 2 unspecified atom stereocenters. The zero-order chi connectivity index (χ0) is 22.9. The van der Waals surface area contributed by atoms with Gasteiger partial charge in [-0.1, -0.05) is 30.3 Å². The van der Waals surface area contributed by atoms with Crippen LogP contribution in [0.15, 0.2) is 60.3 Å². The molecule has 3 heterocycles. The van der Waals surface area contributed by atoms with Crippen LogP contribution in [-0.4, -0.2) is 55.1 Å². The third-order valence-corrected chi connectivity index (χ3v) is 6.69. The molecule has 2 aromatic rings. The molecule has 2 aromatic carbocycles. The van der Waals surface area contributed by atoms with Gasteiger partial charge in [-0.05, 0) is 62.9 Å². The Morgan fingerprint density at radius 3 is 1.97 bits per heavy atom. The summed E-state index contributed by atoms with van der Waals surface area (Å²) in [6.45, 7) is 7.28. The van der Waals surface area contributed by atoms with E-state index in [9.17, 15) is 9.59 Å². The quantitative estimate of drug-likeness (QED) is 0.664. The maximum Gasteiger partial charge on any atom is 0.282 e. The van der Waals surface area contributed by atoms with Crippen LogP contribution in [0.1, 0.15) is 38.7 Å². The number of piperidine rings is 1. The molecular weight excluding hydrogens is 414 g/mol. The summed E-state index contributed by atoms with van der Waals surface area (Å²) < 4.78 is 5.88.